The number of methoxy groups -OCH3 is 1. The third kappa shape index (κ3) is 3.51. The van der Waals surface area contributed by atoms with Crippen molar-refractivity contribution >= 4 is 15.9 Å². The highest BCUT2D eigenvalue weighted by atomic mass is 79.9. The molecule has 19 heavy (non-hydrogen) atoms. The fourth-order valence-electron chi connectivity index (χ4n) is 1.60. The molecule has 0 atom stereocenters. The highest BCUT2D eigenvalue weighted by molar-refractivity contribution is 9.10. The maximum Gasteiger partial charge on any atom is 0.170 e. The molecule has 0 aliphatic carbocycles. The van der Waals surface area contributed by atoms with Gasteiger partial charge in [-0.3, -0.25) is 0 Å². The average molecular weight is 326 g/mol. The summed E-state index contributed by atoms with van der Waals surface area (Å²) >= 11 is 3.45. The van der Waals surface area contributed by atoms with Crippen LogP contribution >= 0.6 is 15.9 Å². The number of rotatable bonds is 5. The zero-order valence-electron chi connectivity index (χ0n) is 11.1. The fourth-order valence-corrected chi connectivity index (χ4v) is 2.06. The molecule has 1 N–H and O–H groups in total. The van der Waals surface area contributed by atoms with Gasteiger partial charge in [0.05, 0.1) is 19.3 Å². The number of benzene rings is 1. The first kappa shape index (κ1) is 14.0. The van der Waals surface area contributed by atoms with E-state index in [0.717, 1.165) is 21.7 Å². The van der Waals surface area contributed by atoms with Gasteiger partial charge < -0.3 is 10.1 Å². The van der Waals surface area contributed by atoms with E-state index in [2.05, 4.69) is 50.6 Å². The summed E-state index contributed by atoms with van der Waals surface area (Å²) in [6.45, 7) is 4.77. The first-order chi connectivity index (χ1) is 9.10. The molecule has 0 bridgehead atoms. The Balaban J connectivity index is 2.31. The molecular weight excluding hydrogens is 310 g/mol. The van der Waals surface area contributed by atoms with Gasteiger partial charge in [-0.25, -0.2) is 0 Å². The summed E-state index contributed by atoms with van der Waals surface area (Å²) in [6.07, 6.45) is 0. The smallest absolute Gasteiger partial charge is 0.170 e. The summed E-state index contributed by atoms with van der Waals surface area (Å²) in [6, 6.07) is 6.10. The molecule has 102 valence electrons. The van der Waals surface area contributed by atoms with Crippen molar-refractivity contribution in [1.82, 2.24) is 25.5 Å². The van der Waals surface area contributed by atoms with Crippen molar-refractivity contribution in [2.75, 3.05) is 7.11 Å². The van der Waals surface area contributed by atoms with Crippen LogP contribution in [0.15, 0.2) is 22.7 Å². The molecule has 0 spiro atoms. The van der Waals surface area contributed by atoms with Crippen LogP contribution in [-0.2, 0) is 6.54 Å². The Hall–Kier alpha value is -1.47. The highest BCUT2D eigenvalue weighted by Gasteiger charge is 2.10. The lowest BCUT2D eigenvalue weighted by atomic mass is 10.3. The summed E-state index contributed by atoms with van der Waals surface area (Å²) < 4.78 is 7.86. The van der Waals surface area contributed by atoms with E-state index in [-0.39, 0.29) is 0 Å². The maximum absolute atomic E-state index is 5.24. The van der Waals surface area contributed by atoms with Gasteiger partial charge in [0, 0.05) is 16.6 Å². The van der Waals surface area contributed by atoms with Crippen molar-refractivity contribution in [3.05, 3.63) is 28.5 Å². The van der Waals surface area contributed by atoms with Crippen LogP contribution in [0.4, 0.5) is 0 Å². The van der Waals surface area contributed by atoms with E-state index in [0.29, 0.717) is 12.6 Å². The Labute approximate surface area is 120 Å². The molecule has 0 saturated carbocycles. The van der Waals surface area contributed by atoms with Gasteiger partial charge >= 0.3 is 0 Å². The predicted molar refractivity (Wildman–Crippen MR) is 75.4 cm³/mol. The standard InChI is InChI=1S/C12H16BrN5O/c1-8(2)14-7-12-15-16-17-18(12)10-4-9(13)5-11(6-10)19-3/h4-6,8,14H,7H2,1-3H3. The largest absolute Gasteiger partial charge is 0.497 e. The number of hydrogen-bond acceptors (Lipinski definition) is 5. The number of aromatic nitrogens is 4. The predicted octanol–water partition coefficient (Wildman–Crippen LogP) is 1.93. The Morgan fingerprint density at radius 3 is 2.84 bits per heavy atom. The lowest BCUT2D eigenvalue weighted by Crippen LogP contribution is -2.24. The fraction of sp³-hybridized carbons (Fsp3) is 0.417. The molecule has 7 heteroatoms. The van der Waals surface area contributed by atoms with Gasteiger partial charge in [-0.05, 0) is 22.6 Å². The van der Waals surface area contributed by atoms with E-state index in [1.165, 1.54) is 0 Å². The monoisotopic (exact) mass is 325 g/mol. The lowest BCUT2D eigenvalue weighted by molar-refractivity contribution is 0.414. The molecule has 0 unspecified atom stereocenters. The summed E-state index contributed by atoms with van der Waals surface area (Å²) in [5.41, 5.74) is 0.858. The van der Waals surface area contributed by atoms with Crippen LogP contribution in [0.1, 0.15) is 19.7 Å². The molecule has 6 nitrogen and oxygen atoms in total. The van der Waals surface area contributed by atoms with E-state index in [4.69, 9.17) is 4.74 Å². The molecule has 0 fully saturated rings. The number of nitrogens with zero attached hydrogens (tertiary/aromatic N) is 4. The van der Waals surface area contributed by atoms with E-state index >= 15 is 0 Å². The first-order valence-corrected chi connectivity index (χ1v) is 6.75. The van der Waals surface area contributed by atoms with E-state index in [1.807, 2.05) is 18.2 Å². The quantitative estimate of drug-likeness (QED) is 0.910. The number of tetrazole rings is 1. The number of nitrogens with one attached hydrogen (secondary N) is 1. The van der Waals surface area contributed by atoms with Crippen molar-refractivity contribution in [3.63, 3.8) is 0 Å². The Bertz CT molecular complexity index is 555. The van der Waals surface area contributed by atoms with Gasteiger partial charge in [0.25, 0.3) is 0 Å². The van der Waals surface area contributed by atoms with Crippen molar-refractivity contribution in [3.8, 4) is 11.4 Å². The third-order valence-corrected chi connectivity index (χ3v) is 3.00. The summed E-state index contributed by atoms with van der Waals surface area (Å²) in [7, 11) is 1.63. The van der Waals surface area contributed by atoms with Gasteiger partial charge in [-0.1, -0.05) is 29.8 Å². The summed E-state index contributed by atoms with van der Waals surface area (Å²) in [4.78, 5) is 0. The van der Waals surface area contributed by atoms with Crippen LogP contribution in [0.2, 0.25) is 0 Å². The van der Waals surface area contributed by atoms with Crippen molar-refractivity contribution in [2.45, 2.75) is 26.4 Å². The van der Waals surface area contributed by atoms with Crippen LogP contribution in [-0.4, -0.2) is 33.4 Å². The summed E-state index contributed by atoms with van der Waals surface area (Å²) in [5.74, 6) is 1.51. The minimum Gasteiger partial charge on any atom is -0.497 e. The second-order valence-electron chi connectivity index (χ2n) is 4.39. The average Bonchev–Trinajstić information content (AvgIpc) is 2.83. The van der Waals surface area contributed by atoms with E-state index < -0.39 is 0 Å². The molecule has 1 aromatic heterocycles. The summed E-state index contributed by atoms with van der Waals surface area (Å²) in [5, 5.41) is 15.1. The lowest BCUT2D eigenvalue weighted by Gasteiger charge is -2.09. The third-order valence-electron chi connectivity index (χ3n) is 2.54. The van der Waals surface area contributed by atoms with E-state index in [9.17, 15) is 0 Å². The van der Waals surface area contributed by atoms with Gasteiger partial charge in [0.15, 0.2) is 5.82 Å². The van der Waals surface area contributed by atoms with Crippen LogP contribution in [0.25, 0.3) is 5.69 Å². The molecular formula is C12H16BrN5O. The van der Waals surface area contributed by atoms with Gasteiger partial charge in [0.2, 0.25) is 0 Å². The van der Waals surface area contributed by atoms with Crippen LogP contribution in [0.5, 0.6) is 5.75 Å². The zero-order valence-corrected chi connectivity index (χ0v) is 12.7. The van der Waals surface area contributed by atoms with Gasteiger partial charge in [0.1, 0.15) is 5.75 Å². The second kappa shape index (κ2) is 6.12. The number of hydrogen-bond donors (Lipinski definition) is 1. The molecule has 0 aliphatic heterocycles. The molecule has 2 aromatic rings. The Morgan fingerprint density at radius 1 is 1.37 bits per heavy atom. The van der Waals surface area contributed by atoms with Gasteiger partial charge in [-0.2, -0.15) is 4.68 Å². The van der Waals surface area contributed by atoms with Crippen molar-refractivity contribution < 1.29 is 4.74 Å². The number of halogens is 1. The molecule has 1 aromatic carbocycles. The SMILES string of the molecule is COc1cc(Br)cc(-n2nnnc2CNC(C)C)c1. The minimum absolute atomic E-state index is 0.377. The molecule has 0 aliphatic rings. The highest BCUT2D eigenvalue weighted by Crippen LogP contribution is 2.23. The second-order valence-corrected chi connectivity index (χ2v) is 5.31. The van der Waals surface area contributed by atoms with Crippen LogP contribution in [0.3, 0.4) is 0 Å². The molecule has 0 saturated heterocycles. The van der Waals surface area contributed by atoms with Gasteiger partial charge in [-0.15, -0.1) is 5.10 Å². The molecule has 2 rings (SSSR count). The van der Waals surface area contributed by atoms with E-state index in [1.54, 1.807) is 11.8 Å². The van der Waals surface area contributed by atoms with Crippen LogP contribution in [0, 0.1) is 0 Å². The Morgan fingerprint density at radius 2 is 2.16 bits per heavy atom. The van der Waals surface area contributed by atoms with Crippen molar-refractivity contribution in [2.24, 2.45) is 0 Å². The van der Waals surface area contributed by atoms with Crippen LogP contribution < -0.4 is 10.1 Å². The van der Waals surface area contributed by atoms with Crippen molar-refractivity contribution in [1.29, 1.82) is 0 Å². The number of ether oxygens (including phenoxy) is 1. The molecule has 0 radical (unpaired) electrons. The maximum atomic E-state index is 5.24. The topological polar surface area (TPSA) is 64.9 Å². The minimum atomic E-state index is 0.377. The normalized spacial score (nSPS) is 11.0. The zero-order chi connectivity index (χ0) is 13.8. The Kier molecular flexibility index (Phi) is 4.49. The molecule has 1 heterocycles. The molecule has 0 amide bonds. The first-order valence-electron chi connectivity index (χ1n) is 5.95.